The zero-order chi connectivity index (χ0) is 26.8. The molecule has 1 saturated carbocycles. The average Bonchev–Trinajstić information content (AvgIpc) is 3.67. The largest absolute Gasteiger partial charge is 0.467 e. The van der Waals surface area contributed by atoms with Crippen molar-refractivity contribution in [3.05, 3.63) is 35.8 Å². The first-order valence-corrected chi connectivity index (χ1v) is 13.6. The number of amides is 3. The summed E-state index contributed by atoms with van der Waals surface area (Å²) < 4.78 is 19.2. The molecular formula is C28H35FN4O5. The molecule has 1 aromatic carbocycles. The monoisotopic (exact) mass is 526 g/mol. The highest BCUT2D eigenvalue weighted by atomic mass is 19.1. The molecule has 0 unspecified atom stereocenters. The molecule has 4 atom stereocenters. The van der Waals surface area contributed by atoms with Crippen LogP contribution in [0.2, 0.25) is 0 Å². The SMILES string of the molecule is COC(=O)[C@H](C[C@@H]1CCNC1=O)NC(=O)[C@@H]1C[C@@H](C2CCCCC2)CN1C(=O)c1cc2cccc(F)c2[nH]1. The van der Waals surface area contributed by atoms with Crippen LogP contribution in [-0.2, 0) is 19.1 Å². The number of nitrogens with zero attached hydrogens (tertiary/aromatic N) is 1. The number of H-pyrrole nitrogens is 1. The number of esters is 1. The fraction of sp³-hybridized carbons (Fsp3) is 0.571. The van der Waals surface area contributed by atoms with Gasteiger partial charge in [0.25, 0.3) is 5.91 Å². The van der Waals surface area contributed by atoms with E-state index in [4.69, 9.17) is 4.74 Å². The number of fused-ring (bicyclic) bond motifs is 1. The number of carbonyl (C=O) groups excluding carboxylic acids is 4. The van der Waals surface area contributed by atoms with Crippen LogP contribution >= 0.6 is 0 Å². The number of carbonyl (C=O) groups is 4. The minimum absolute atomic E-state index is 0.137. The molecule has 3 aliphatic rings. The van der Waals surface area contributed by atoms with Crippen molar-refractivity contribution in [1.29, 1.82) is 0 Å². The van der Waals surface area contributed by atoms with Gasteiger partial charge in [-0.25, -0.2) is 9.18 Å². The van der Waals surface area contributed by atoms with Crippen molar-refractivity contribution in [3.63, 3.8) is 0 Å². The number of para-hydroxylation sites is 1. The summed E-state index contributed by atoms with van der Waals surface area (Å²) in [6.45, 7) is 0.956. The van der Waals surface area contributed by atoms with Crippen molar-refractivity contribution < 1.29 is 28.3 Å². The van der Waals surface area contributed by atoms with Crippen LogP contribution in [-0.4, -0.2) is 65.9 Å². The summed E-state index contributed by atoms with van der Waals surface area (Å²) in [4.78, 5) is 56.5. The molecule has 38 heavy (non-hydrogen) atoms. The molecular weight excluding hydrogens is 491 g/mol. The lowest BCUT2D eigenvalue weighted by Gasteiger charge is -2.27. The summed E-state index contributed by atoms with van der Waals surface area (Å²) in [5, 5.41) is 6.13. The van der Waals surface area contributed by atoms with Gasteiger partial charge in [0, 0.05) is 24.4 Å². The summed E-state index contributed by atoms with van der Waals surface area (Å²) in [6, 6.07) is 4.48. The minimum atomic E-state index is -0.991. The topological polar surface area (TPSA) is 121 Å². The van der Waals surface area contributed by atoms with E-state index in [1.54, 1.807) is 23.1 Å². The molecule has 3 N–H and O–H groups in total. The van der Waals surface area contributed by atoms with Crippen LogP contribution in [0.3, 0.4) is 0 Å². The summed E-state index contributed by atoms with van der Waals surface area (Å²) >= 11 is 0. The van der Waals surface area contributed by atoms with Gasteiger partial charge in [-0.1, -0.05) is 44.2 Å². The van der Waals surface area contributed by atoms with Crippen LogP contribution in [0.15, 0.2) is 24.3 Å². The number of halogens is 1. The van der Waals surface area contributed by atoms with Gasteiger partial charge < -0.3 is 25.3 Å². The highest BCUT2D eigenvalue weighted by Gasteiger charge is 2.44. The zero-order valence-electron chi connectivity index (χ0n) is 21.6. The third-order valence-electron chi connectivity index (χ3n) is 8.53. The maximum Gasteiger partial charge on any atom is 0.328 e. The maximum absolute atomic E-state index is 14.3. The Bertz CT molecular complexity index is 1220. The average molecular weight is 527 g/mol. The molecule has 5 rings (SSSR count). The molecule has 2 aromatic rings. The smallest absolute Gasteiger partial charge is 0.328 e. The van der Waals surface area contributed by atoms with Gasteiger partial charge >= 0.3 is 5.97 Å². The van der Waals surface area contributed by atoms with E-state index < -0.39 is 35.7 Å². The maximum atomic E-state index is 14.3. The van der Waals surface area contributed by atoms with Gasteiger partial charge in [0.2, 0.25) is 11.8 Å². The van der Waals surface area contributed by atoms with E-state index >= 15 is 0 Å². The second kappa shape index (κ2) is 11.1. The van der Waals surface area contributed by atoms with Crippen LogP contribution in [0.5, 0.6) is 0 Å². The normalized spacial score (nSPS) is 24.8. The number of likely N-dealkylation sites (tertiary alicyclic amines) is 1. The first kappa shape index (κ1) is 26.2. The number of benzene rings is 1. The molecule has 2 saturated heterocycles. The van der Waals surface area contributed by atoms with Crippen LogP contribution in [0, 0.1) is 23.6 Å². The number of rotatable bonds is 7. The summed E-state index contributed by atoms with van der Waals surface area (Å²) in [7, 11) is 1.25. The molecule has 10 heteroatoms. The van der Waals surface area contributed by atoms with E-state index in [-0.39, 0.29) is 35.4 Å². The van der Waals surface area contributed by atoms with E-state index in [9.17, 15) is 23.6 Å². The Morgan fingerprint density at radius 1 is 1.16 bits per heavy atom. The van der Waals surface area contributed by atoms with E-state index in [0.717, 1.165) is 25.7 Å². The molecule has 0 radical (unpaired) electrons. The first-order chi connectivity index (χ1) is 18.4. The van der Waals surface area contributed by atoms with Gasteiger partial charge in [-0.3, -0.25) is 14.4 Å². The van der Waals surface area contributed by atoms with Gasteiger partial charge in [0.15, 0.2) is 0 Å². The van der Waals surface area contributed by atoms with Crippen molar-refractivity contribution in [2.75, 3.05) is 20.2 Å². The van der Waals surface area contributed by atoms with Crippen LogP contribution < -0.4 is 10.6 Å². The van der Waals surface area contributed by atoms with E-state index in [1.165, 1.54) is 19.6 Å². The highest BCUT2D eigenvalue weighted by Crippen LogP contribution is 2.38. The lowest BCUT2D eigenvalue weighted by atomic mass is 9.79. The second-order valence-electron chi connectivity index (χ2n) is 10.9. The quantitative estimate of drug-likeness (QED) is 0.479. The van der Waals surface area contributed by atoms with E-state index in [0.29, 0.717) is 37.2 Å². The van der Waals surface area contributed by atoms with Crippen molar-refractivity contribution in [2.24, 2.45) is 17.8 Å². The van der Waals surface area contributed by atoms with Crippen molar-refractivity contribution in [2.45, 2.75) is 63.5 Å². The van der Waals surface area contributed by atoms with Gasteiger partial charge in [-0.05, 0) is 43.2 Å². The number of hydrogen-bond donors (Lipinski definition) is 3. The van der Waals surface area contributed by atoms with E-state index in [1.807, 2.05) is 0 Å². The van der Waals surface area contributed by atoms with Gasteiger partial charge in [0.1, 0.15) is 23.6 Å². The number of ether oxygens (including phenoxy) is 1. The zero-order valence-corrected chi connectivity index (χ0v) is 21.6. The predicted molar refractivity (Wildman–Crippen MR) is 137 cm³/mol. The second-order valence-corrected chi connectivity index (χ2v) is 10.9. The van der Waals surface area contributed by atoms with Crippen molar-refractivity contribution >= 4 is 34.6 Å². The van der Waals surface area contributed by atoms with Crippen LogP contribution in [0.1, 0.15) is 61.9 Å². The standard InChI is InChI=1S/C28H35FN4O5/c1-38-28(37)22(13-18-10-11-30-25(18)34)32-26(35)23-14-19(16-6-3-2-4-7-16)15-33(23)27(36)21-12-17-8-5-9-20(29)24(17)31-21/h5,8-9,12,16,18-19,22-23,31H,2-4,6-7,10-11,13-15H2,1H3,(H,30,34)(H,32,35)/t18-,19+,22-,23-/m0/s1. The van der Waals surface area contributed by atoms with Crippen molar-refractivity contribution in [1.82, 2.24) is 20.5 Å². The Labute approximate surface area is 220 Å². The Morgan fingerprint density at radius 3 is 2.63 bits per heavy atom. The third kappa shape index (κ3) is 5.26. The number of nitrogens with one attached hydrogen (secondary N) is 3. The number of aromatic amines is 1. The Balaban J connectivity index is 1.38. The fourth-order valence-electron chi connectivity index (χ4n) is 6.46. The number of hydrogen-bond acceptors (Lipinski definition) is 5. The third-order valence-corrected chi connectivity index (χ3v) is 8.53. The first-order valence-electron chi connectivity index (χ1n) is 13.6. The summed E-state index contributed by atoms with van der Waals surface area (Å²) in [5.41, 5.74) is 0.472. The number of methoxy groups -OCH3 is 1. The molecule has 1 aliphatic carbocycles. The van der Waals surface area contributed by atoms with Crippen LogP contribution in [0.4, 0.5) is 4.39 Å². The van der Waals surface area contributed by atoms with Crippen molar-refractivity contribution in [3.8, 4) is 0 Å². The summed E-state index contributed by atoms with van der Waals surface area (Å²) in [5.74, 6) is -1.83. The molecule has 0 spiro atoms. The molecule has 3 heterocycles. The van der Waals surface area contributed by atoms with E-state index in [2.05, 4.69) is 15.6 Å². The Morgan fingerprint density at radius 2 is 1.95 bits per heavy atom. The van der Waals surface area contributed by atoms with Gasteiger partial charge in [-0.15, -0.1) is 0 Å². The lowest BCUT2D eigenvalue weighted by Crippen LogP contribution is -2.51. The Hall–Kier alpha value is -3.43. The number of aromatic nitrogens is 1. The molecule has 1 aromatic heterocycles. The molecule has 204 valence electrons. The van der Waals surface area contributed by atoms with Crippen LogP contribution in [0.25, 0.3) is 10.9 Å². The fourth-order valence-corrected chi connectivity index (χ4v) is 6.46. The lowest BCUT2D eigenvalue weighted by molar-refractivity contribution is -0.146. The predicted octanol–water partition coefficient (Wildman–Crippen LogP) is 2.90. The molecule has 0 bridgehead atoms. The molecule has 9 nitrogen and oxygen atoms in total. The molecule has 3 fully saturated rings. The molecule has 2 aliphatic heterocycles. The minimum Gasteiger partial charge on any atom is -0.467 e. The molecule has 3 amide bonds. The van der Waals surface area contributed by atoms with Gasteiger partial charge in [0.05, 0.1) is 12.6 Å². The van der Waals surface area contributed by atoms with Gasteiger partial charge in [-0.2, -0.15) is 0 Å². The summed E-state index contributed by atoms with van der Waals surface area (Å²) in [6.07, 6.45) is 6.83. The Kier molecular flexibility index (Phi) is 7.67. The highest BCUT2D eigenvalue weighted by molar-refractivity contribution is 6.01.